The van der Waals surface area contributed by atoms with E-state index in [1.807, 2.05) is 24.5 Å². The summed E-state index contributed by atoms with van der Waals surface area (Å²) in [6, 6.07) is 15.2. The maximum absolute atomic E-state index is 5.51. The summed E-state index contributed by atoms with van der Waals surface area (Å²) in [6.45, 7) is 5.28. The van der Waals surface area contributed by atoms with Gasteiger partial charge in [-0.05, 0) is 23.4 Å². The van der Waals surface area contributed by atoms with Crippen molar-refractivity contribution in [2.75, 3.05) is 46.4 Å². The van der Waals surface area contributed by atoms with Crippen LogP contribution in [0, 0.1) is 0 Å². The van der Waals surface area contributed by atoms with Crippen molar-refractivity contribution >= 4 is 17.3 Å². The van der Waals surface area contributed by atoms with Crippen LogP contribution in [-0.4, -0.2) is 57.3 Å². The van der Waals surface area contributed by atoms with E-state index in [0.717, 1.165) is 51.8 Å². The number of nitrogens with one attached hydrogen (secondary N) is 2. The first kappa shape index (κ1) is 18.9. The van der Waals surface area contributed by atoms with Crippen LogP contribution in [0.4, 0.5) is 0 Å². The molecule has 2 aromatic rings. The van der Waals surface area contributed by atoms with Gasteiger partial charge in [0.2, 0.25) is 0 Å². The molecule has 26 heavy (non-hydrogen) atoms. The van der Waals surface area contributed by atoms with Crippen LogP contribution in [-0.2, 0) is 11.2 Å². The lowest BCUT2D eigenvalue weighted by Crippen LogP contribution is -2.46. The normalized spacial score (nSPS) is 17.0. The summed E-state index contributed by atoms with van der Waals surface area (Å²) in [5.41, 5.74) is 1.33. The van der Waals surface area contributed by atoms with Crippen LogP contribution >= 0.6 is 11.3 Å². The first-order valence-corrected chi connectivity index (χ1v) is 10.1. The topological polar surface area (TPSA) is 48.9 Å². The molecule has 1 saturated heterocycles. The molecule has 1 aliphatic heterocycles. The van der Waals surface area contributed by atoms with Crippen LogP contribution in [0.15, 0.2) is 52.8 Å². The van der Waals surface area contributed by atoms with Gasteiger partial charge in [-0.1, -0.05) is 36.4 Å². The Morgan fingerprint density at radius 3 is 2.65 bits per heavy atom. The van der Waals surface area contributed by atoms with Crippen LogP contribution in [0.2, 0.25) is 0 Å². The van der Waals surface area contributed by atoms with E-state index in [4.69, 9.17) is 4.74 Å². The van der Waals surface area contributed by atoms with Crippen molar-refractivity contribution in [1.82, 2.24) is 15.5 Å². The molecule has 0 bridgehead atoms. The highest BCUT2D eigenvalue weighted by atomic mass is 32.1. The lowest BCUT2D eigenvalue weighted by Gasteiger charge is -2.34. The lowest BCUT2D eigenvalue weighted by atomic mass is 10.1. The molecule has 140 valence electrons. The van der Waals surface area contributed by atoms with Gasteiger partial charge in [0.05, 0.1) is 19.3 Å². The molecule has 5 nitrogen and oxygen atoms in total. The van der Waals surface area contributed by atoms with Gasteiger partial charge in [-0.2, -0.15) is 0 Å². The molecule has 6 heteroatoms. The predicted molar refractivity (Wildman–Crippen MR) is 109 cm³/mol. The standard InChI is InChI=1S/C20H28N4OS/c1-21-20(22-10-9-17-6-3-2-4-7-17)23-16-18(19-8-5-15-26-19)24-11-13-25-14-12-24/h2-8,15,18H,9-14,16H2,1H3,(H2,21,22,23). The highest BCUT2D eigenvalue weighted by Crippen LogP contribution is 2.25. The molecule has 0 radical (unpaired) electrons. The number of rotatable bonds is 7. The fourth-order valence-electron chi connectivity index (χ4n) is 3.16. The zero-order valence-electron chi connectivity index (χ0n) is 15.4. The SMILES string of the molecule is CN=C(NCCc1ccccc1)NCC(c1cccs1)N1CCOCC1. The Hall–Kier alpha value is -1.89. The maximum atomic E-state index is 5.51. The Bertz CT molecular complexity index is 654. The molecule has 1 unspecified atom stereocenters. The van der Waals surface area contributed by atoms with Gasteiger partial charge in [0.15, 0.2) is 5.96 Å². The summed E-state index contributed by atoms with van der Waals surface area (Å²) in [7, 11) is 1.83. The van der Waals surface area contributed by atoms with Gasteiger partial charge in [-0.25, -0.2) is 0 Å². The van der Waals surface area contributed by atoms with E-state index < -0.39 is 0 Å². The molecule has 3 rings (SSSR count). The summed E-state index contributed by atoms with van der Waals surface area (Å²) in [4.78, 5) is 8.26. The van der Waals surface area contributed by atoms with E-state index in [9.17, 15) is 0 Å². The van der Waals surface area contributed by atoms with E-state index in [-0.39, 0.29) is 0 Å². The summed E-state index contributed by atoms with van der Waals surface area (Å²) >= 11 is 1.82. The number of aliphatic imine (C=N–C) groups is 1. The third-order valence-electron chi connectivity index (χ3n) is 4.59. The van der Waals surface area contributed by atoms with Gasteiger partial charge in [-0.15, -0.1) is 11.3 Å². The highest BCUT2D eigenvalue weighted by molar-refractivity contribution is 7.10. The van der Waals surface area contributed by atoms with Crippen LogP contribution < -0.4 is 10.6 Å². The van der Waals surface area contributed by atoms with Gasteiger partial charge in [0.1, 0.15) is 0 Å². The monoisotopic (exact) mass is 372 g/mol. The summed E-state index contributed by atoms with van der Waals surface area (Å²) in [5, 5.41) is 9.07. The zero-order chi connectivity index (χ0) is 18.0. The number of benzene rings is 1. The molecule has 1 fully saturated rings. The number of hydrogen-bond acceptors (Lipinski definition) is 4. The number of guanidine groups is 1. The molecule has 2 heterocycles. The van der Waals surface area contributed by atoms with Crippen molar-refractivity contribution < 1.29 is 4.74 Å². The molecule has 2 N–H and O–H groups in total. The second-order valence-electron chi connectivity index (χ2n) is 6.30. The maximum Gasteiger partial charge on any atom is 0.191 e. The Morgan fingerprint density at radius 2 is 1.96 bits per heavy atom. The van der Waals surface area contributed by atoms with Gasteiger partial charge >= 0.3 is 0 Å². The number of ether oxygens (including phenoxy) is 1. The molecule has 0 spiro atoms. The summed E-state index contributed by atoms with van der Waals surface area (Å²) in [6.07, 6.45) is 0.985. The Morgan fingerprint density at radius 1 is 1.15 bits per heavy atom. The minimum Gasteiger partial charge on any atom is -0.379 e. The van der Waals surface area contributed by atoms with Crippen LogP contribution in [0.25, 0.3) is 0 Å². The number of hydrogen-bond donors (Lipinski definition) is 2. The summed E-state index contributed by atoms with van der Waals surface area (Å²) < 4.78 is 5.51. The first-order chi connectivity index (χ1) is 12.9. The molecular formula is C20H28N4OS. The smallest absolute Gasteiger partial charge is 0.191 e. The lowest BCUT2D eigenvalue weighted by molar-refractivity contribution is 0.0177. The highest BCUT2D eigenvalue weighted by Gasteiger charge is 2.23. The molecule has 1 atom stereocenters. The molecule has 1 aromatic heterocycles. The molecule has 1 aliphatic rings. The van der Waals surface area contributed by atoms with E-state index in [0.29, 0.717) is 6.04 Å². The summed E-state index contributed by atoms with van der Waals surface area (Å²) in [5.74, 6) is 0.857. The van der Waals surface area contributed by atoms with E-state index in [1.165, 1.54) is 10.4 Å². The predicted octanol–water partition coefficient (Wildman–Crippen LogP) is 2.53. The van der Waals surface area contributed by atoms with Crippen molar-refractivity contribution in [3.63, 3.8) is 0 Å². The number of nitrogens with zero attached hydrogens (tertiary/aromatic N) is 2. The molecule has 0 saturated carbocycles. The largest absolute Gasteiger partial charge is 0.379 e. The third kappa shape index (κ3) is 5.56. The molecule has 0 aliphatic carbocycles. The molecular weight excluding hydrogens is 344 g/mol. The minimum absolute atomic E-state index is 0.353. The fourth-order valence-corrected chi connectivity index (χ4v) is 4.02. The molecule has 0 amide bonds. The Labute approximate surface area is 160 Å². The van der Waals surface area contributed by atoms with Crippen LogP contribution in [0.5, 0.6) is 0 Å². The average molecular weight is 373 g/mol. The van der Waals surface area contributed by atoms with Crippen LogP contribution in [0.1, 0.15) is 16.5 Å². The number of thiophene rings is 1. The minimum atomic E-state index is 0.353. The third-order valence-corrected chi connectivity index (χ3v) is 5.57. The first-order valence-electron chi connectivity index (χ1n) is 9.20. The van der Waals surface area contributed by atoms with Crippen molar-refractivity contribution in [2.45, 2.75) is 12.5 Å². The van der Waals surface area contributed by atoms with E-state index in [1.54, 1.807) is 0 Å². The molecule has 1 aromatic carbocycles. The van der Waals surface area contributed by atoms with E-state index in [2.05, 4.69) is 62.3 Å². The quantitative estimate of drug-likeness (QED) is 0.579. The second-order valence-corrected chi connectivity index (χ2v) is 7.27. The van der Waals surface area contributed by atoms with Gasteiger partial charge in [-0.3, -0.25) is 9.89 Å². The van der Waals surface area contributed by atoms with E-state index >= 15 is 0 Å². The van der Waals surface area contributed by atoms with Gasteiger partial charge in [0, 0.05) is 38.1 Å². The Kier molecular flexibility index (Phi) is 7.49. The van der Waals surface area contributed by atoms with Crippen LogP contribution in [0.3, 0.4) is 0 Å². The van der Waals surface area contributed by atoms with Crippen molar-refractivity contribution in [1.29, 1.82) is 0 Å². The van der Waals surface area contributed by atoms with Gasteiger partial charge in [0.25, 0.3) is 0 Å². The second kappa shape index (κ2) is 10.3. The van der Waals surface area contributed by atoms with Crippen molar-refractivity contribution in [3.8, 4) is 0 Å². The van der Waals surface area contributed by atoms with Gasteiger partial charge < -0.3 is 15.4 Å². The fraction of sp³-hybridized carbons (Fsp3) is 0.450. The van der Waals surface area contributed by atoms with Crippen molar-refractivity contribution in [3.05, 3.63) is 58.3 Å². The Balaban J connectivity index is 1.51. The van der Waals surface area contributed by atoms with Crippen molar-refractivity contribution in [2.24, 2.45) is 4.99 Å². The average Bonchev–Trinajstić information content (AvgIpc) is 3.23. The number of morpholine rings is 1. The zero-order valence-corrected chi connectivity index (χ0v) is 16.2.